The maximum Gasteiger partial charge on any atom is 0.331 e. The van der Waals surface area contributed by atoms with Crippen molar-refractivity contribution in [3.8, 4) is 0 Å². The van der Waals surface area contributed by atoms with Crippen molar-refractivity contribution in [1.29, 1.82) is 0 Å². The van der Waals surface area contributed by atoms with Gasteiger partial charge in [-0.3, -0.25) is 0 Å². The quantitative estimate of drug-likeness (QED) is 0.781. The van der Waals surface area contributed by atoms with Crippen LogP contribution in [0.1, 0.15) is 25.7 Å². The number of carbonyl (C=O) groups is 1. The molecule has 0 unspecified atom stereocenters. The van der Waals surface area contributed by atoms with Gasteiger partial charge in [0.05, 0.1) is 6.10 Å². The lowest BCUT2D eigenvalue weighted by Crippen LogP contribution is -2.34. The summed E-state index contributed by atoms with van der Waals surface area (Å²) in [5, 5.41) is 18.4. The zero-order valence-electron chi connectivity index (χ0n) is 10.4. The molecule has 2 aliphatic rings. The van der Waals surface area contributed by atoms with Crippen LogP contribution in [0, 0.1) is 0 Å². The molecule has 2 rings (SSSR count). The molecule has 1 saturated heterocycles. The number of carboxylic acid groups (broad SMARTS) is 1. The monoisotopic (exact) mass is 249 g/mol. The summed E-state index contributed by atoms with van der Waals surface area (Å²) in [5.74, 6) is -0.836. The molecule has 1 fully saturated rings. The molecule has 0 aromatic rings. The van der Waals surface area contributed by atoms with E-state index < -0.39 is 5.97 Å². The van der Waals surface area contributed by atoms with Crippen molar-refractivity contribution in [2.75, 3.05) is 13.1 Å². The minimum Gasteiger partial charge on any atom is -0.478 e. The standard InChI is InChI=1S/C14H19NO3/c16-13-7-9-15(10-8-13)12-5-1-3-11(14(17)18)4-2-6-12/h1,4-6,13,16H,2-3,7-10H2,(H,17,18)/b5-1-,11-4+,12-6?. The van der Waals surface area contributed by atoms with Gasteiger partial charge in [-0.2, -0.15) is 0 Å². The Bertz CT molecular complexity index is 401. The Labute approximate surface area is 107 Å². The molecule has 1 aliphatic heterocycles. The number of likely N-dealkylation sites (tertiary alicyclic amines) is 1. The normalized spacial score (nSPS) is 26.6. The maximum atomic E-state index is 10.9. The predicted molar refractivity (Wildman–Crippen MR) is 69.0 cm³/mol. The third kappa shape index (κ3) is 3.23. The number of nitrogens with zero attached hydrogens (tertiary/aromatic N) is 1. The van der Waals surface area contributed by atoms with Gasteiger partial charge >= 0.3 is 5.97 Å². The molecule has 4 nitrogen and oxygen atoms in total. The van der Waals surface area contributed by atoms with E-state index in [1.54, 1.807) is 6.08 Å². The van der Waals surface area contributed by atoms with E-state index in [4.69, 9.17) is 5.11 Å². The predicted octanol–water partition coefficient (Wildman–Crippen LogP) is 1.69. The van der Waals surface area contributed by atoms with Crippen LogP contribution >= 0.6 is 0 Å². The summed E-state index contributed by atoms with van der Waals surface area (Å²) in [5.41, 5.74) is 1.60. The fourth-order valence-corrected chi connectivity index (χ4v) is 2.31. The van der Waals surface area contributed by atoms with E-state index in [-0.39, 0.29) is 6.10 Å². The number of hydrogen-bond donors (Lipinski definition) is 2. The first-order valence-electron chi connectivity index (χ1n) is 6.39. The highest BCUT2D eigenvalue weighted by Crippen LogP contribution is 2.19. The molecule has 0 aromatic heterocycles. The lowest BCUT2D eigenvalue weighted by Gasteiger charge is -2.32. The highest BCUT2D eigenvalue weighted by atomic mass is 16.4. The SMILES string of the molecule is O=C(O)/C1=C/CC=C(N2CCC(O)CC2)/C=C\C1. The average molecular weight is 249 g/mol. The Morgan fingerprint density at radius 2 is 2.00 bits per heavy atom. The van der Waals surface area contributed by atoms with E-state index >= 15 is 0 Å². The van der Waals surface area contributed by atoms with Crippen LogP contribution in [0.2, 0.25) is 0 Å². The minimum atomic E-state index is -0.836. The average Bonchev–Trinajstić information content (AvgIpc) is 2.30. The summed E-state index contributed by atoms with van der Waals surface area (Å²) in [7, 11) is 0. The summed E-state index contributed by atoms with van der Waals surface area (Å²) in [6.45, 7) is 1.74. The van der Waals surface area contributed by atoms with Gasteiger partial charge in [0.2, 0.25) is 0 Å². The zero-order chi connectivity index (χ0) is 13.0. The van der Waals surface area contributed by atoms with Crippen LogP contribution in [0.15, 0.2) is 35.6 Å². The molecule has 1 aliphatic carbocycles. The summed E-state index contributed by atoms with van der Waals surface area (Å²) in [6, 6.07) is 0. The third-order valence-electron chi connectivity index (χ3n) is 3.42. The minimum absolute atomic E-state index is 0.169. The van der Waals surface area contributed by atoms with Gasteiger partial charge in [-0.15, -0.1) is 0 Å². The van der Waals surface area contributed by atoms with Gasteiger partial charge in [0, 0.05) is 24.4 Å². The smallest absolute Gasteiger partial charge is 0.331 e. The van der Waals surface area contributed by atoms with Gasteiger partial charge in [0.25, 0.3) is 0 Å². The van der Waals surface area contributed by atoms with E-state index in [9.17, 15) is 9.90 Å². The zero-order valence-corrected chi connectivity index (χ0v) is 10.4. The number of aliphatic hydroxyl groups excluding tert-OH is 1. The van der Waals surface area contributed by atoms with Crippen molar-refractivity contribution in [3.63, 3.8) is 0 Å². The number of aliphatic hydroxyl groups is 1. The second-order valence-corrected chi connectivity index (χ2v) is 4.72. The second-order valence-electron chi connectivity index (χ2n) is 4.72. The molecule has 0 aromatic carbocycles. The Kier molecular flexibility index (Phi) is 4.20. The van der Waals surface area contributed by atoms with E-state index in [0.717, 1.165) is 31.6 Å². The Hall–Kier alpha value is -1.55. The fraction of sp³-hybridized carbons (Fsp3) is 0.500. The first-order chi connectivity index (χ1) is 8.66. The summed E-state index contributed by atoms with van der Waals surface area (Å²) < 4.78 is 0. The topological polar surface area (TPSA) is 60.8 Å². The van der Waals surface area contributed by atoms with Crippen molar-refractivity contribution in [2.45, 2.75) is 31.8 Å². The maximum absolute atomic E-state index is 10.9. The number of rotatable bonds is 2. The molecular weight excluding hydrogens is 230 g/mol. The lowest BCUT2D eigenvalue weighted by molar-refractivity contribution is -0.132. The lowest BCUT2D eigenvalue weighted by atomic mass is 10.0. The number of carboxylic acids is 1. The Morgan fingerprint density at radius 1 is 1.28 bits per heavy atom. The highest BCUT2D eigenvalue weighted by Gasteiger charge is 2.18. The van der Waals surface area contributed by atoms with Crippen LogP contribution in [0.5, 0.6) is 0 Å². The first-order valence-corrected chi connectivity index (χ1v) is 6.39. The number of piperidine rings is 1. The van der Waals surface area contributed by atoms with Crippen molar-refractivity contribution in [2.24, 2.45) is 0 Å². The molecule has 18 heavy (non-hydrogen) atoms. The summed E-state index contributed by atoms with van der Waals surface area (Å²) in [4.78, 5) is 13.1. The number of allylic oxidation sites excluding steroid dienone is 4. The van der Waals surface area contributed by atoms with Gasteiger partial charge in [0.15, 0.2) is 0 Å². The van der Waals surface area contributed by atoms with E-state index in [2.05, 4.69) is 11.0 Å². The van der Waals surface area contributed by atoms with Gasteiger partial charge < -0.3 is 15.1 Å². The van der Waals surface area contributed by atoms with Gasteiger partial charge in [0.1, 0.15) is 0 Å². The Balaban J connectivity index is 2.03. The van der Waals surface area contributed by atoms with Crippen LogP contribution < -0.4 is 0 Å². The molecule has 0 bridgehead atoms. The van der Waals surface area contributed by atoms with Gasteiger partial charge in [-0.1, -0.05) is 18.2 Å². The molecular formula is C14H19NO3. The molecule has 4 heteroatoms. The summed E-state index contributed by atoms with van der Waals surface area (Å²) in [6.07, 6.45) is 10.3. The third-order valence-corrected chi connectivity index (χ3v) is 3.42. The molecule has 0 atom stereocenters. The molecule has 0 spiro atoms. The molecule has 0 radical (unpaired) electrons. The van der Waals surface area contributed by atoms with E-state index in [1.165, 1.54) is 0 Å². The first kappa shape index (κ1) is 12.9. The van der Waals surface area contributed by atoms with Crippen LogP contribution in [0.4, 0.5) is 0 Å². The molecule has 0 amide bonds. The van der Waals surface area contributed by atoms with E-state index in [0.29, 0.717) is 18.4 Å². The number of hydrogen-bond acceptors (Lipinski definition) is 3. The fourth-order valence-electron chi connectivity index (χ4n) is 2.31. The van der Waals surface area contributed by atoms with Crippen LogP contribution in [0.3, 0.4) is 0 Å². The van der Waals surface area contributed by atoms with Crippen LogP contribution in [-0.2, 0) is 4.79 Å². The van der Waals surface area contributed by atoms with Crippen LogP contribution in [0.25, 0.3) is 0 Å². The molecule has 2 N–H and O–H groups in total. The molecule has 0 saturated carbocycles. The number of aliphatic carboxylic acids is 1. The largest absolute Gasteiger partial charge is 0.478 e. The highest BCUT2D eigenvalue weighted by molar-refractivity contribution is 5.86. The van der Waals surface area contributed by atoms with Gasteiger partial charge in [-0.05, 0) is 31.8 Å². The van der Waals surface area contributed by atoms with E-state index in [1.807, 2.05) is 12.2 Å². The van der Waals surface area contributed by atoms with Gasteiger partial charge in [-0.25, -0.2) is 4.79 Å². The second kappa shape index (κ2) is 5.87. The molecule has 98 valence electrons. The van der Waals surface area contributed by atoms with Crippen molar-refractivity contribution in [1.82, 2.24) is 4.90 Å². The van der Waals surface area contributed by atoms with Crippen LogP contribution in [-0.4, -0.2) is 40.3 Å². The summed E-state index contributed by atoms with van der Waals surface area (Å²) >= 11 is 0. The van der Waals surface area contributed by atoms with Crippen molar-refractivity contribution in [3.05, 3.63) is 35.6 Å². The Morgan fingerprint density at radius 3 is 2.67 bits per heavy atom. The molecule has 1 heterocycles. The van der Waals surface area contributed by atoms with Crippen molar-refractivity contribution >= 4 is 5.97 Å². The van der Waals surface area contributed by atoms with Crippen molar-refractivity contribution < 1.29 is 15.0 Å².